The lowest BCUT2D eigenvalue weighted by atomic mass is 10.1. The summed E-state index contributed by atoms with van der Waals surface area (Å²) in [4.78, 5) is 6.73. The van der Waals surface area contributed by atoms with Crippen LogP contribution in [0.25, 0.3) is 0 Å². The summed E-state index contributed by atoms with van der Waals surface area (Å²) in [5, 5.41) is 4.46. The van der Waals surface area contributed by atoms with E-state index in [1.54, 1.807) is 0 Å². The van der Waals surface area contributed by atoms with E-state index in [0.717, 1.165) is 51.4 Å². The number of aliphatic imine (C=N–C) groups is 1. The molecule has 1 saturated heterocycles. The highest BCUT2D eigenvalue weighted by Gasteiger charge is 2.09. The first-order valence-electron chi connectivity index (χ1n) is 7.93. The molecule has 24 heavy (non-hydrogen) atoms. The predicted molar refractivity (Wildman–Crippen MR) is 112 cm³/mol. The summed E-state index contributed by atoms with van der Waals surface area (Å²) in [7, 11) is 0. The molecule has 3 N–H and O–H groups in total. The molecule has 0 spiro atoms. The van der Waals surface area contributed by atoms with Gasteiger partial charge in [-0.3, -0.25) is 9.89 Å². The maximum atomic E-state index is 6.13. The van der Waals surface area contributed by atoms with Gasteiger partial charge in [0.25, 0.3) is 0 Å². The van der Waals surface area contributed by atoms with Crippen molar-refractivity contribution in [2.45, 2.75) is 12.8 Å². The number of benzene rings is 1. The summed E-state index contributed by atoms with van der Waals surface area (Å²) in [6, 6.07) is 5.52. The Morgan fingerprint density at radius 3 is 2.58 bits per heavy atom. The standard InChI is InChI=1S/C16H24Cl2N4O.HI/c17-14-3-1-4-15(18)13(14)5-7-21-16(19)20-6-2-8-22-9-11-23-12-10-22;/h1,3-4H,2,5-12H2,(H3,19,20,21);1H. The molecule has 0 radical (unpaired) electrons. The molecule has 0 amide bonds. The molecule has 0 bridgehead atoms. The summed E-state index contributed by atoms with van der Waals surface area (Å²) in [6.07, 6.45) is 1.71. The highest BCUT2D eigenvalue weighted by Crippen LogP contribution is 2.24. The Balaban J connectivity index is 0.00000288. The van der Waals surface area contributed by atoms with Gasteiger partial charge in [0.15, 0.2) is 5.96 Å². The molecule has 0 aliphatic carbocycles. The first-order valence-corrected chi connectivity index (χ1v) is 8.69. The zero-order valence-corrected chi connectivity index (χ0v) is 17.5. The lowest BCUT2D eigenvalue weighted by molar-refractivity contribution is 0.0377. The van der Waals surface area contributed by atoms with Gasteiger partial charge < -0.3 is 15.8 Å². The van der Waals surface area contributed by atoms with Crippen LogP contribution in [0.3, 0.4) is 0 Å². The van der Waals surface area contributed by atoms with Gasteiger partial charge in [-0.2, -0.15) is 0 Å². The van der Waals surface area contributed by atoms with Gasteiger partial charge in [0.2, 0.25) is 0 Å². The van der Waals surface area contributed by atoms with Crippen LogP contribution < -0.4 is 11.1 Å². The van der Waals surface area contributed by atoms with Crippen LogP contribution in [-0.2, 0) is 11.2 Å². The third-order valence-corrected chi connectivity index (χ3v) is 4.47. The fraction of sp³-hybridized carbons (Fsp3) is 0.562. The first-order chi connectivity index (χ1) is 11.2. The Bertz CT molecular complexity index is 505. The monoisotopic (exact) mass is 486 g/mol. The van der Waals surface area contributed by atoms with Crippen LogP contribution in [-0.4, -0.2) is 56.8 Å². The van der Waals surface area contributed by atoms with Gasteiger partial charge in [-0.15, -0.1) is 24.0 Å². The highest BCUT2D eigenvalue weighted by atomic mass is 127. The second kappa shape index (κ2) is 12.1. The van der Waals surface area contributed by atoms with Crippen molar-refractivity contribution in [2.75, 3.05) is 45.9 Å². The third kappa shape index (κ3) is 7.74. The number of nitrogens with zero attached hydrogens (tertiary/aromatic N) is 2. The van der Waals surface area contributed by atoms with E-state index in [-0.39, 0.29) is 24.0 Å². The van der Waals surface area contributed by atoms with Crippen molar-refractivity contribution in [3.05, 3.63) is 33.8 Å². The van der Waals surface area contributed by atoms with Gasteiger partial charge in [0.1, 0.15) is 0 Å². The first kappa shape index (κ1) is 21.8. The molecular formula is C16H25Cl2IN4O. The molecule has 8 heteroatoms. The quantitative estimate of drug-likeness (QED) is 0.269. The van der Waals surface area contributed by atoms with Crippen LogP contribution in [0.15, 0.2) is 23.2 Å². The van der Waals surface area contributed by atoms with E-state index in [1.807, 2.05) is 18.2 Å². The molecule has 136 valence electrons. The van der Waals surface area contributed by atoms with E-state index >= 15 is 0 Å². The maximum absolute atomic E-state index is 6.13. The summed E-state index contributed by atoms with van der Waals surface area (Å²) >= 11 is 12.3. The van der Waals surface area contributed by atoms with Gasteiger partial charge in [0.05, 0.1) is 13.2 Å². The average Bonchev–Trinajstić information content (AvgIpc) is 2.55. The minimum Gasteiger partial charge on any atom is -0.379 e. The van der Waals surface area contributed by atoms with Gasteiger partial charge in [-0.1, -0.05) is 29.3 Å². The van der Waals surface area contributed by atoms with Crippen LogP contribution in [0.1, 0.15) is 12.0 Å². The van der Waals surface area contributed by atoms with Crippen LogP contribution in [0.4, 0.5) is 0 Å². The van der Waals surface area contributed by atoms with Crippen molar-refractivity contribution in [1.82, 2.24) is 10.2 Å². The van der Waals surface area contributed by atoms with Crippen molar-refractivity contribution < 1.29 is 4.74 Å². The second-order valence-corrected chi connectivity index (χ2v) is 6.27. The van der Waals surface area contributed by atoms with Crippen LogP contribution in [0.5, 0.6) is 0 Å². The van der Waals surface area contributed by atoms with Crippen molar-refractivity contribution in [3.8, 4) is 0 Å². The Kier molecular flexibility index (Phi) is 11.0. The topological polar surface area (TPSA) is 62.9 Å². The van der Waals surface area contributed by atoms with E-state index in [4.69, 9.17) is 33.7 Å². The molecule has 0 unspecified atom stereocenters. The largest absolute Gasteiger partial charge is 0.379 e. The van der Waals surface area contributed by atoms with Gasteiger partial charge >= 0.3 is 0 Å². The van der Waals surface area contributed by atoms with E-state index < -0.39 is 0 Å². The Labute approximate surface area is 170 Å². The van der Waals surface area contributed by atoms with Crippen molar-refractivity contribution >= 4 is 53.1 Å². The molecule has 1 heterocycles. The maximum Gasteiger partial charge on any atom is 0.188 e. The summed E-state index contributed by atoms with van der Waals surface area (Å²) in [5.41, 5.74) is 6.81. The fourth-order valence-corrected chi connectivity index (χ4v) is 3.05. The number of hydrogen-bond acceptors (Lipinski definition) is 3. The number of rotatable bonds is 7. The zero-order chi connectivity index (χ0) is 16.5. The van der Waals surface area contributed by atoms with Crippen molar-refractivity contribution in [3.63, 3.8) is 0 Å². The molecule has 1 aromatic rings. The van der Waals surface area contributed by atoms with E-state index in [9.17, 15) is 0 Å². The SMILES string of the molecule is I.NC(=NCCCN1CCOCC1)NCCc1c(Cl)cccc1Cl. The van der Waals surface area contributed by atoms with Gasteiger partial charge in [0, 0.05) is 42.8 Å². The van der Waals surface area contributed by atoms with E-state index in [0.29, 0.717) is 29.0 Å². The zero-order valence-electron chi connectivity index (χ0n) is 13.6. The second-order valence-electron chi connectivity index (χ2n) is 5.45. The number of nitrogens with two attached hydrogens (primary N) is 1. The number of hydrogen-bond donors (Lipinski definition) is 2. The van der Waals surface area contributed by atoms with Gasteiger partial charge in [-0.25, -0.2) is 0 Å². The lowest BCUT2D eigenvalue weighted by Crippen LogP contribution is -2.37. The third-order valence-electron chi connectivity index (χ3n) is 3.76. The fourth-order valence-electron chi connectivity index (χ4n) is 2.46. The Morgan fingerprint density at radius 2 is 1.92 bits per heavy atom. The lowest BCUT2D eigenvalue weighted by Gasteiger charge is -2.26. The minimum atomic E-state index is 0. The molecule has 2 rings (SSSR count). The Morgan fingerprint density at radius 1 is 1.25 bits per heavy atom. The van der Waals surface area contributed by atoms with Crippen molar-refractivity contribution in [2.24, 2.45) is 10.7 Å². The number of guanidine groups is 1. The normalized spacial score (nSPS) is 15.8. The number of halogens is 3. The molecule has 5 nitrogen and oxygen atoms in total. The molecule has 1 aliphatic heterocycles. The van der Waals surface area contributed by atoms with Gasteiger partial charge in [-0.05, 0) is 30.5 Å². The van der Waals surface area contributed by atoms with Crippen LogP contribution >= 0.6 is 47.2 Å². The highest BCUT2D eigenvalue weighted by molar-refractivity contribution is 14.0. The number of nitrogens with one attached hydrogen (secondary N) is 1. The van der Waals surface area contributed by atoms with Crippen molar-refractivity contribution in [1.29, 1.82) is 0 Å². The van der Waals surface area contributed by atoms with Crippen LogP contribution in [0.2, 0.25) is 10.0 Å². The van der Waals surface area contributed by atoms with Crippen LogP contribution in [0, 0.1) is 0 Å². The summed E-state index contributed by atoms with van der Waals surface area (Å²) in [5.74, 6) is 0.468. The molecule has 1 fully saturated rings. The molecule has 0 aromatic heterocycles. The molecular weight excluding hydrogens is 462 g/mol. The van der Waals surface area contributed by atoms with E-state index in [2.05, 4.69) is 15.2 Å². The summed E-state index contributed by atoms with van der Waals surface area (Å²) < 4.78 is 5.32. The molecule has 1 aliphatic rings. The van der Waals surface area contributed by atoms with E-state index in [1.165, 1.54) is 0 Å². The molecule has 1 aromatic carbocycles. The Hall–Kier alpha value is -0.280. The minimum absolute atomic E-state index is 0. The molecule has 0 saturated carbocycles. The average molecular weight is 487 g/mol. The summed E-state index contributed by atoms with van der Waals surface area (Å²) in [6.45, 7) is 6.10. The molecule has 0 atom stereocenters. The smallest absolute Gasteiger partial charge is 0.188 e. The number of ether oxygens (including phenoxy) is 1. The predicted octanol–water partition coefficient (Wildman–Crippen LogP) is 2.78. The number of morpholine rings is 1.